The van der Waals surface area contributed by atoms with Crippen LogP contribution < -0.4 is 15.4 Å². The van der Waals surface area contributed by atoms with Crippen molar-refractivity contribution in [1.29, 1.82) is 0 Å². The zero-order valence-corrected chi connectivity index (χ0v) is 14.9. The number of aryl methyl sites for hydroxylation is 1. The average molecular weight is 372 g/mol. The first-order valence-electron chi connectivity index (χ1n) is 7.43. The van der Waals surface area contributed by atoms with Crippen LogP contribution >= 0.6 is 11.3 Å². The molecule has 0 bridgehead atoms. The molecule has 0 saturated carbocycles. The summed E-state index contributed by atoms with van der Waals surface area (Å²) in [7, 11) is 3.21. The summed E-state index contributed by atoms with van der Waals surface area (Å²) >= 11 is 0.957. The topological polar surface area (TPSA) is 58.5 Å². The van der Waals surface area contributed by atoms with Crippen LogP contribution in [0.2, 0.25) is 0 Å². The average Bonchev–Trinajstić information content (AvgIpc) is 3.05. The van der Waals surface area contributed by atoms with E-state index in [1.54, 1.807) is 14.2 Å². The van der Waals surface area contributed by atoms with E-state index < -0.39 is 11.9 Å². The second kappa shape index (κ2) is 8.19. The van der Waals surface area contributed by atoms with Crippen LogP contribution in [0.25, 0.3) is 0 Å². The van der Waals surface area contributed by atoms with Gasteiger partial charge in [0.2, 0.25) is 0 Å². The molecule has 0 spiro atoms. The molecule has 0 unspecified atom stereocenters. The molecule has 0 atom stereocenters. The third-order valence-electron chi connectivity index (χ3n) is 3.41. The van der Waals surface area contributed by atoms with Gasteiger partial charge >= 0.3 is 6.18 Å². The van der Waals surface area contributed by atoms with Gasteiger partial charge in [-0.05, 0) is 24.1 Å². The Balaban J connectivity index is 1.90. The van der Waals surface area contributed by atoms with Gasteiger partial charge in [0, 0.05) is 19.0 Å². The third-order valence-corrected chi connectivity index (χ3v) is 4.25. The Bertz CT molecular complexity index is 743. The Labute approximate surface area is 148 Å². The Morgan fingerprint density at radius 1 is 1.28 bits per heavy atom. The van der Waals surface area contributed by atoms with Gasteiger partial charge < -0.3 is 15.4 Å². The summed E-state index contributed by atoms with van der Waals surface area (Å²) in [4.78, 5) is 7.62. The Hall–Kier alpha value is -2.29. The van der Waals surface area contributed by atoms with Crippen molar-refractivity contribution < 1.29 is 17.9 Å². The summed E-state index contributed by atoms with van der Waals surface area (Å²) in [6.45, 7) is 2.62. The molecule has 0 radical (unpaired) electrons. The van der Waals surface area contributed by atoms with Crippen LogP contribution in [-0.2, 0) is 19.3 Å². The normalized spacial score (nSPS) is 12.2. The lowest BCUT2D eigenvalue weighted by molar-refractivity contribution is -0.140. The molecule has 0 aliphatic rings. The molecule has 0 amide bonds. The van der Waals surface area contributed by atoms with E-state index in [2.05, 4.69) is 20.6 Å². The highest BCUT2D eigenvalue weighted by molar-refractivity contribution is 7.09. The lowest BCUT2D eigenvalue weighted by Crippen LogP contribution is -2.36. The number of nitrogens with one attached hydrogen (secondary N) is 2. The number of thiazole rings is 1. The molecule has 5 nitrogen and oxygen atoms in total. The lowest BCUT2D eigenvalue weighted by Gasteiger charge is -2.12. The van der Waals surface area contributed by atoms with Crippen molar-refractivity contribution in [3.8, 4) is 5.75 Å². The van der Waals surface area contributed by atoms with Crippen molar-refractivity contribution in [2.75, 3.05) is 14.2 Å². The van der Waals surface area contributed by atoms with Crippen molar-refractivity contribution in [2.45, 2.75) is 26.2 Å². The van der Waals surface area contributed by atoms with Crippen molar-refractivity contribution >= 4 is 17.3 Å². The van der Waals surface area contributed by atoms with Gasteiger partial charge in [0.1, 0.15) is 10.8 Å². The number of benzene rings is 1. The third kappa shape index (κ3) is 5.35. The predicted octanol–water partition coefficient (Wildman–Crippen LogP) is 3.34. The smallest absolute Gasteiger partial charge is 0.434 e. The van der Waals surface area contributed by atoms with E-state index in [1.165, 1.54) is 0 Å². The maximum atomic E-state index is 12.5. The predicted molar refractivity (Wildman–Crippen MR) is 91.9 cm³/mol. The minimum atomic E-state index is -4.42. The van der Waals surface area contributed by atoms with Gasteiger partial charge in [0.25, 0.3) is 0 Å². The molecular weight excluding hydrogens is 353 g/mol. The number of alkyl halides is 3. The number of rotatable bonds is 5. The van der Waals surface area contributed by atoms with E-state index in [-0.39, 0.29) is 6.54 Å². The number of methoxy groups -OCH3 is 1. The van der Waals surface area contributed by atoms with E-state index in [0.717, 1.165) is 33.6 Å². The summed E-state index contributed by atoms with van der Waals surface area (Å²) in [5.74, 6) is 1.27. The molecule has 0 aliphatic carbocycles. The first kappa shape index (κ1) is 19.0. The fraction of sp³-hybridized carbons (Fsp3) is 0.375. The maximum absolute atomic E-state index is 12.5. The highest BCUT2D eigenvalue weighted by Crippen LogP contribution is 2.29. The monoisotopic (exact) mass is 372 g/mol. The molecular formula is C16H19F3N4OS. The molecule has 2 rings (SSSR count). The Kier molecular flexibility index (Phi) is 6.24. The van der Waals surface area contributed by atoms with E-state index in [1.807, 2.05) is 25.1 Å². The molecule has 25 heavy (non-hydrogen) atoms. The standard InChI is InChI=1S/C16H19F3N4OS/c1-10-4-5-11(6-12(10)24-3)7-21-15(20-2)22-8-14-23-13(9-25-14)16(17,18)19/h4-6,9H,7-8H2,1-3H3,(H2,20,21,22). The van der Waals surface area contributed by atoms with Crippen LogP contribution in [0.3, 0.4) is 0 Å². The highest BCUT2D eigenvalue weighted by Gasteiger charge is 2.33. The molecule has 2 N–H and O–H groups in total. The maximum Gasteiger partial charge on any atom is 0.434 e. The van der Waals surface area contributed by atoms with Crippen LogP contribution in [0.15, 0.2) is 28.6 Å². The largest absolute Gasteiger partial charge is 0.496 e. The first-order chi connectivity index (χ1) is 11.8. The van der Waals surface area contributed by atoms with Gasteiger partial charge in [-0.25, -0.2) is 4.98 Å². The van der Waals surface area contributed by atoms with Gasteiger partial charge in [-0.3, -0.25) is 4.99 Å². The van der Waals surface area contributed by atoms with Crippen molar-refractivity contribution in [3.05, 3.63) is 45.4 Å². The van der Waals surface area contributed by atoms with Gasteiger partial charge in [-0.2, -0.15) is 13.2 Å². The fourth-order valence-corrected chi connectivity index (χ4v) is 2.80. The molecule has 9 heteroatoms. The van der Waals surface area contributed by atoms with E-state index in [4.69, 9.17) is 4.74 Å². The van der Waals surface area contributed by atoms with Crippen LogP contribution in [0.4, 0.5) is 13.2 Å². The molecule has 2 aromatic rings. The van der Waals surface area contributed by atoms with Gasteiger partial charge in [-0.1, -0.05) is 12.1 Å². The van der Waals surface area contributed by atoms with Gasteiger partial charge in [0.15, 0.2) is 11.7 Å². The number of nitrogens with zero attached hydrogens (tertiary/aromatic N) is 2. The molecule has 0 saturated heterocycles. The summed E-state index contributed by atoms with van der Waals surface area (Å²) in [5.41, 5.74) is 1.17. The molecule has 1 aromatic carbocycles. The van der Waals surface area contributed by atoms with E-state index in [9.17, 15) is 13.2 Å². The fourth-order valence-electron chi connectivity index (χ4n) is 2.06. The summed E-state index contributed by atoms with van der Waals surface area (Å²) in [5, 5.41) is 7.40. The second-order valence-electron chi connectivity index (χ2n) is 5.21. The van der Waals surface area contributed by atoms with Crippen LogP contribution in [0, 0.1) is 6.92 Å². The Morgan fingerprint density at radius 2 is 2.00 bits per heavy atom. The number of halogens is 3. The molecule has 1 aromatic heterocycles. The highest BCUT2D eigenvalue weighted by atomic mass is 32.1. The minimum absolute atomic E-state index is 0.164. The zero-order chi connectivity index (χ0) is 18.4. The SMILES string of the molecule is CN=C(NCc1ccc(C)c(OC)c1)NCc1nc(C(F)(F)F)cs1. The van der Waals surface area contributed by atoms with Crippen LogP contribution in [0.5, 0.6) is 5.75 Å². The van der Waals surface area contributed by atoms with E-state index in [0.29, 0.717) is 17.5 Å². The molecule has 1 heterocycles. The molecule has 0 fully saturated rings. The van der Waals surface area contributed by atoms with E-state index >= 15 is 0 Å². The number of guanidine groups is 1. The van der Waals surface area contributed by atoms with Crippen molar-refractivity contribution in [3.63, 3.8) is 0 Å². The van der Waals surface area contributed by atoms with Crippen molar-refractivity contribution in [1.82, 2.24) is 15.6 Å². The zero-order valence-electron chi connectivity index (χ0n) is 14.1. The minimum Gasteiger partial charge on any atom is -0.496 e. The van der Waals surface area contributed by atoms with Crippen LogP contribution in [-0.4, -0.2) is 25.1 Å². The van der Waals surface area contributed by atoms with Crippen LogP contribution in [0.1, 0.15) is 21.8 Å². The summed E-state index contributed by atoms with van der Waals surface area (Å²) in [6, 6.07) is 5.85. The Morgan fingerprint density at radius 3 is 2.60 bits per heavy atom. The second-order valence-corrected chi connectivity index (χ2v) is 6.15. The summed E-state index contributed by atoms with van der Waals surface area (Å²) in [6.07, 6.45) is -4.42. The molecule has 0 aliphatic heterocycles. The lowest BCUT2D eigenvalue weighted by atomic mass is 10.1. The van der Waals surface area contributed by atoms with Gasteiger partial charge in [0.05, 0.1) is 13.7 Å². The quantitative estimate of drug-likeness (QED) is 0.624. The number of aliphatic imine (C=N–C) groups is 1. The number of aromatic nitrogens is 1. The first-order valence-corrected chi connectivity index (χ1v) is 8.31. The number of hydrogen-bond donors (Lipinski definition) is 2. The summed E-state index contributed by atoms with van der Waals surface area (Å²) < 4.78 is 42.9. The number of ether oxygens (including phenoxy) is 1. The van der Waals surface area contributed by atoms with Gasteiger partial charge in [-0.15, -0.1) is 11.3 Å². The molecule has 136 valence electrons. The number of hydrogen-bond acceptors (Lipinski definition) is 4. The van der Waals surface area contributed by atoms with Crippen molar-refractivity contribution in [2.24, 2.45) is 4.99 Å².